The van der Waals surface area contributed by atoms with Crippen LogP contribution in [0.25, 0.3) is 0 Å². The van der Waals surface area contributed by atoms with Gasteiger partial charge < -0.3 is 0 Å². The largest absolute Gasteiger partial charge is 0.234 e. The maximum absolute atomic E-state index is 11.7. The van der Waals surface area contributed by atoms with Crippen LogP contribution in [0.5, 0.6) is 0 Å². The summed E-state index contributed by atoms with van der Waals surface area (Å²) in [5.74, 6) is 0.547. The second-order valence-corrected chi connectivity index (χ2v) is 6.64. The van der Waals surface area contributed by atoms with Crippen molar-refractivity contribution in [3.8, 4) is 0 Å². The first-order valence-electron chi connectivity index (χ1n) is 4.90. The fourth-order valence-electron chi connectivity index (χ4n) is 1.38. The van der Waals surface area contributed by atoms with Crippen molar-refractivity contribution in [3.63, 3.8) is 0 Å². The smallest absolute Gasteiger partial charge is 0.144 e. The van der Waals surface area contributed by atoms with Crippen molar-refractivity contribution in [2.45, 2.75) is 51.7 Å². The lowest BCUT2D eigenvalue weighted by molar-refractivity contribution is 0.650. The summed E-state index contributed by atoms with van der Waals surface area (Å²) in [6, 6.07) is 0. The highest BCUT2D eigenvalue weighted by Crippen LogP contribution is 2.24. The minimum Gasteiger partial charge on any atom is -0.234 e. The Hall–Kier alpha value is -0.180. The summed E-state index contributed by atoms with van der Waals surface area (Å²) in [6.07, 6.45) is 3.46. The van der Waals surface area contributed by atoms with Crippen LogP contribution >= 0.6 is 0 Å². The first-order valence-corrected chi connectivity index (χ1v) is 6.01. The predicted octanol–water partition coefficient (Wildman–Crippen LogP) is 2.71. The van der Waals surface area contributed by atoms with Crippen LogP contribution in [0.1, 0.15) is 47.0 Å². The van der Waals surface area contributed by atoms with Crippen molar-refractivity contribution in [1.82, 2.24) is 0 Å². The standard InChI is InChI=1S/C10H19NOS/c1-8-6-5-7-9(8)11-13(12)10(2,3)4/h8H,5-7H2,1-4H3/b11-9+. The lowest BCUT2D eigenvalue weighted by Crippen LogP contribution is -2.21. The van der Waals surface area contributed by atoms with E-state index in [4.69, 9.17) is 0 Å². The highest BCUT2D eigenvalue weighted by molar-refractivity contribution is 7.85. The van der Waals surface area contributed by atoms with E-state index < -0.39 is 11.0 Å². The van der Waals surface area contributed by atoms with E-state index in [1.54, 1.807) is 0 Å². The van der Waals surface area contributed by atoms with E-state index in [0.29, 0.717) is 5.92 Å². The molecular formula is C10H19NOS. The van der Waals surface area contributed by atoms with Crippen molar-refractivity contribution in [2.24, 2.45) is 10.3 Å². The molecule has 0 aliphatic heterocycles. The van der Waals surface area contributed by atoms with Gasteiger partial charge in [-0.25, -0.2) is 4.21 Å². The van der Waals surface area contributed by atoms with Crippen LogP contribution in [0.2, 0.25) is 0 Å². The quantitative estimate of drug-likeness (QED) is 0.641. The molecule has 0 aromatic rings. The molecule has 3 heteroatoms. The van der Waals surface area contributed by atoms with Gasteiger partial charge in [0.1, 0.15) is 11.0 Å². The Morgan fingerprint density at radius 2 is 2.08 bits per heavy atom. The van der Waals surface area contributed by atoms with Crippen molar-refractivity contribution < 1.29 is 4.21 Å². The second-order valence-electron chi connectivity index (χ2n) is 4.74. The molecule has 2 unspecified atom stereocenters. The molecule has 2 nitrogen and oxygen atoms in total. The summed E-state index contributed by atoms with van der Waals surface area (Å²) in [6.45, 7) is 8.07. The summed E-state index contributed by atoms with van der Waals surface area (Å²) < 4.78 is 15.8. The van der Waals surface area contributed by atoms with Crippen LogP contribution in [0.4, 0.5) is 0 Å². The number of nitrogens with zero attached hydrogens (tertiary/aromatic N) is 1. The molecule has 1 fully saturated rings. The zero-order chi connectivity index (χ0) is 10.1. The monoisotopic (exact) mass is 201 g/mol. The lowest BCUT2D eigenvalue weighted by atomic mass is 10.1. The maximum Gasteiger partial charge on any atom is 0.144 e. The molecule has 1 rings (SSSR count). The molecule has 0 heterocycles. The third kappa shape index (κ3) is 2.90. The zero-order valence-corrected chi connectivity index (χ0v) is 9.78. The van der Waals surface area contributed by atoms with Crippen molar-refractivity contribution in [2.75, 3.05) is 0 Å². The molecule has 13 heavy (non-hydrogen) atoms. The minimum absolute atomic E-state index is 0.213. The first-order chi connectivity index (χ1) is 5.91. The van der Waals surface area contributed by atoms with Crippen molar-refractivity contribution in [1.29, 1.82) is 0 Å². The summed E-state index contributed by atoms with van der Waals surface area (Å²) in [7, 11) is -1.06. The van der Waals surface area contributed by atoms with Crippen molar-refractivity contribution >= 4 is 16.7 Å². The average molecular weight is 201 g/mol. The molecule has 0 amide bonds. The number of hydrogen-bond acceptors (Lipinski definition) is 1. The van der Waals surface area contributed by atoms with E-state index in [1.165, 1.54) is 12.8 Å². The van der Waals surface area contributed by atoms with Crippen LogP contribution < -0.4 is 0 Å². The summed E-state index contributed by atoms with van der Waals surface area (Å²) in [5.41, 5.74) is 1.16. The van der Waals surface area contributed by atoms with Crippen molar-refractivity contribution in [3.05, 3.63) is 0 Å². The maximum atomic E-state index is 11.7. The van der Waals surface area contributed by atoms with Gasteiger partial charge in [-0.15, -0.1) is 0 Å². The van der Waals surface area contributed by atoms with Crippen LogP contribution in [0.3, 0.4) is 0 Å². The molecule has 1 saturated carbocycles. The Kier molecular flexibility index (Phi) is 3.28. The van der Waals surface area contributed by atoms with Gasteiger partial charge in [-0.05, 0) is 46.0 Å². The van der Waals surface area contributed by atoms with Gasteiger partial charge in [-0.1, -0.05) is 6.92 Å². The fraction of sp³-hybridized carbons (Fsp3) is 0.900. The Labute approximate surface area is 83.4 Å². The molecule has 0 spiro atoms. The first kappa shape index (κ1) is 10.9. The third-order valence-corrected chi connectivity index (χ3v) is 3.81. The summed E-state index contributed by atoms with van der Waals surface area (Å²) in [5, 5.41) is 0. The molecule has 2 atom stereocenters. The SMILES string of the molecule is CC1CCC/C1=N\S(=O)C(C)(C)C. The summed E-state index contributed by atoms with van der Waals surface area (Å²) >= 11 is 0. The molecule has 1 aliphatic rings. The molecule has 0 bridgehead atoms. The molecule has 0 N–H and O–H groups in total. The van der Waals surface area contributed by atoms with Gasteiger partial charge in [0.05, 0.1) is 4.75 Å². The molecule has 0 saturated heterocycles. The lowest BCUT2D eigenvalue weighted by Gasteiger charge is -2.14. The molecule has 76 valence electrons. The van der Waals surface area contributed by atoms with Gasteiger partial charge in [-0.2, -0.15) is 4.40 Å². The number of hydrogen-bond donors (Lipinski definition) is 0. The van der Waals surface area contributed by atoms with E-state index in [9.17, 15) is 4.21 Å². The fourth-order valence-corrected chi connectivity index (χ4v) is 2.14. The van der Waals surface area contributed by atoms with Crippen LogP contribution in [0.15, 0.2) is 4.40 Å². The normalized spacial score (nSPS) is 29.5. The van der Waals surface area contributed by atoms with E-state index in [2.05, 4.69) is 11.3 Å². The van der Waals surface area contributed by atoms with E-state index in [-0.39, 0.29) is 4.75 Å². The van der Waals surface area contributed by atoms with E-state index in [0.717, 1.165) is 12.1 Å². The Balaban J connectivity index is 2.71. The average Bonchev–Trinajstić information content (AvgIpc) is 2.34. The van der Waals surface area contributed by atoms with Gasteiger partial charge in [0.15, 0.2) is 0 Å². The van der Waals surface area contributed by atoms with E-state index >= 15 is 0 Å². The third-order valence-electron chi connectivity index (χ3n) is 2.36. The predicted molar refractivity (Wildman–Crippen MR) is 58.3 cm³/mol. The highest BCUT2D eigenvalue weighted by Gasteiger charge is 2.23. The second kappa shape index (κ2) is 3.91. The van der Waals surface area contributed by atoms with Gasteiger partial charge in [-0.3, -0.25) is 0 Å². The molecule has 0 aromatic carbocycles. The van der Waals surface area contributed by atoms with E-state index in [1.807, 2.05) is 20.8 Å². The van der Waals surface area contributed by atoms with Gasteiger partial charge in [0.2, 0.25) is 0 Å². The van der Waals surface area contributed by atoms with Gasteiger partial charge in [0.25, 0.3) is 0 Å². The van der Waals surface area contributed by atoms with Crippen LogP contribution in [-0.2, 0) is 11.0 Å². The molecular weight excluding hydrogens is 182 g/mol. The Morgan fingerprint density at radius 3 is 2.46 bits per heavy atom. The zero-order valence-electron chi connectivity index (χ0n) is 8.96. The highest BCUT2D eigenvalue weighted by atomic mass is 32.2. The van der Waals surface area contributed by atoms with Gasteiger partial charge in [0, 0.05) is 5.71 Å². The van der Waals surface area contributed by atoms with Gasteiger partial charge >= 0.3 is 0 Å². The Morgan fingerprint density at radius 1 is 1.46 bits per heavy atom. The summed E-state index contributed by atoms with van der Waals surface area (Å²) in [4.78, 5) is 0. The number of rotatable bonds is 1. The van der Waals surface area contributed by atoms with Crippen LogP contribution in [-0.4, -0.2) is 14.7 Å². The Bertz CT molecular complexity index is 240. The molecule has 0 aromatic heterocycles. The molecule has 1 aliphatic carbocycles. The topological polar surface area (TPSA) is 29.4 Å². The minimum atomic E-state index is -1.06. The van der Waals surface area contributed by atoms with Crippen LogP contribution in [0, 0.1) is 5.92 Å². The molecule has 0 radical (unpaired) electrons.